The van der Waals surface area contributed by atoms with Crippen LogP contribution in [0, 0.1) is 0 Å². The minimum atomic E-state index is -4.64. The van der Waals surface area contributed by atoms with E-state index < -0.39 is 13.8 Å². The number of hydrogen-bond donors (Lipinski definition) is 5. The van der Waals surface area contributed by atoms with Gasteiger partial charge in [0.15, 0.2) is 0 Å². The number of carboxylic acids is 1. The maximum absolute atomic E-state index is 10.3. The van der Waals surface area contributed by atoms with E-state index in [9.17, 15) is 9.90 Å². The van der Waals surface area contributed by atoms with E-state index in [1.807, 2.05) is 36.4 Å². The van der Waals surface area contributed by atoms with Gasteiger partial charge in [-0.15, -0.1) is 0 Å². The van der Waals surface area contributed by atoms with Crippen LogP contribution in [0.25, 0.3) is 0 Å². The summed E-state index contributed by atoms with van der Waals surface area (Å²) in [4.78, 5) is 31.9. The Balaban J connectivity index is -0.000000284. The first-order valence-corrected chi connectivity index (χ1v) is 13.1. The van der Waals surface area contributed by atoms with Gasteiger partial charge in [0.2, 0.25) is 0 Å². The molecule has 0 aliphatic rings. The first-order chi connectivity index (χ1) is 15.2. The van der Waals surface area contributed by atoms with E-state index in [0.717, 1.165) is 51.4 Å². The van der Waals surface area contributed by atoms with Crippen LogP contribution >= 0.6 is 7.82 Å². The Morgan fingerprint density at radius 1 is 0.824 bits per heavy atom. The van der Waals surface area contributed by atoms with Gasteiger partial charge < -0.3 is 30.4 Å². The fourth-order valence-electron chi connectivity index (χ4n) is 2.75. The maximum atomic E-state index is 10.3. The van der Waals surface area contributed by atoms with Crippen LogP contribution < -0.4 is 0 Å². The van der Waals surface area contributed by atoms with Gasteiger partial charge in [-0.3, -0.25) is 4.79 Å². The minimum Gasteiger partial charge on any atom is -0.0623 e. The second-order valence-electron chi connectivity index (χ2n) is 7.58. The van der Waals surface area contributed by atoms with E-state index >= 15 is 0 Å². The van der Waals surface area contributed by atoms with Crippen LogP contribution in [0.5, 0.6) is 0 Å². The Labute approximate surface area is 235 Å². The van der Waals surface area contributed by atoms with Crippen LogP contribution in [0.2, 0.25) is 0 Å². The molecular weight excluding hydrogens is 487 g/mol. The average molecular weight is 535 g/mol. The van der Waals surface area contributed by atoms with Crippen molar-refractivity contribution < 1.29 is 39.7 Å². The molecule has 0 aromatic heterocycles. The van der Waals surface area contributed by atoms with Crippen LogP contribution in [-0.4, -0.2) is 80.2 Å². The van der Waals surface area contributed by atoms with Crippen molar-refractivity contribution in [3.8, 4) is 0 Å². The number of carboxylic acid groups (broad SMARTS) is 1. The van der Waals surface area contributed by atoms with E-state index in [1.54, 1.807) is 0 Å². The molecule has 8 nitrogen and oxygen atoms in total. The molecule has 0 amide bonds. The molecule has 10 heteroatoms. The molecule has 0 aliphatic heterocycles. The first-order valence-electron chi connectivity index (χ1n) is 11.5. The predicted molar refractivity (Wildman–Crippen MR) is 141 cm³/mol. The molecule has 0 saturated heterocycles. The van der Waals surface area contributed by atoms with E-state index in [4.69, 9.17) is 24.4 Å². The molecule has 198 valence electrons. The Morgan fingerprint density at radius 3 is 1.74 bits per heavy atom. The molecule has 0 spiro atoms. The van der Waals surface area contributed by atoms with Gasteiger partial charge in [0.25, 0.3) is 0 Å². The van der Waals surface area contributed by atoms with Gasteiger partial charge in [-0.25, -0.2) is 4.57 Å². The smallest absolute Gasteiger partial charge is 0.0623 e. The van der Waals surface area contributed by atoms with Gasteiger partial charge >= 0.3 is 51.5 Å². The van der Waals surface area contributed by atoms with Gasteiger partial charge in [-0.05, 0) is 32.1 Å². The van der Waals surface area contributed by atoms with Gasteiger partial charge in [0.05, 0.1) is 6.10 Å². The largest absolute Gasteiger partial charge is 0.0623 e. The fourth-order valence-corrected chi connectivity index (χ4v) is 2.75. The number of benzene rings is 1. The Morgan fingerprint density at radius 2 is 1.26 bits per heavy atom. The third kappa shape index (κ3) is 49.0. The van der Waals surface area contributed by atoms with Crippen molar-refractivity contribution in [1.29, 1.82) is 0 Å². The molecule has 1 rings (SSSR count). The quantitative estimate of drug-likeness (QED) is 0.0977. The van der Waals surface area contributed by atoms with Crippen molar-refractivity contribution in [2.75, 3.05) is 0 Å². The number of hydrogen-bond acceptors (Lipinski definition) is 3. The molecule has 34 heavy (non-hydrogen) atoms. The summed E-state index contributed by atoms with van der Waals surface area (Å²) in [6.45, 7) is 2.20. The number of aliphatic hydroxyl groups excluding tert-OH is 1. The van der Waals surface area contributed by atoms with E-state index in [-0.39, 0.29) is 49.3 Å². The van der Waals surface area contributed by atoms with Gasteiger partial charge in [0, 0.05) is 6.42 Å². The predicted octanol–water partition coefficient (Wildman–Crippen LogP) is 4.10. The van der Waals surface area contributed by atoms with Crippen molar-refractivity contribution in [1.82, 2.24) is 0 Å². The van der Waals surface area contributed by atoms with Crippen molar-refractivity contribution >= 4 is 51.5 Å². The SMILES string of the molecule is CCCCCCC(O)C/C=C\CCCCCCCC(=O)O.O.O=P(O)(O)O.[CaH2].c1ccccc1. The third-order valence-electron chi connectivity index (χ3n) is 4.39. The molecule has 1 aromatic carbocycles. The molecule has 0 bridgehead atoms. The summed E-state index contributed by atoms with van der Waals surface area (Å²) < 4.78 is 8.88. The Hall–Kier alpha value is -0.280. The fraction of sp³-hybridized carbons (Fsp3) is 0.625. The van der Waals surface area contributed by atoms with Gasteiger partial charge in [-0.2, -0.15) is 0 Å². The molecule has 0 aliphatic carbocycles. The number of phosphoric acid groups is 1. The van der Waals surface area contributed by atoms with Gasteiger partial charge in [0.1, 0.15) is 0 Å². The zero-order valence-corrected chi connectivity index (χ0v) is 20.8. The second-order valence-corrected chi connectivity index (χ2v) is 8.60. The molecule has 7 N–H and O–H groups in total. The number of carbonyl (C=O) groups is 1. The van der Waals surface area contributed by atoms with E-state index in [0.29, 0.717) is 6.42 Å². The normalized spacial score (nSPS) is 11.1. The minimum absolute atomic E-state index is 0. The summed E-state index contributed by atoms with van der Waals surface area (Å²) in [5.74, 6) is -0.689. The van der Waals surface area contributed by atoms with Gasteiger partial charge in [-0.1, -0.05) is 100 Å². The molecule has 1 aromatic rings. The summed E-state index contributed by atoms with van der Waals surface area (Å²) in [7, 11) is -4.64. The Bertz CT molecular complexity index is 561. The average Bonchev–Trinajstić information content (AvgIpc) is 2.73. The summed E-state index contributed by atoms with van der Waals surface area (Å²) in [5.41, 5.74) is 0. The monoisotopic (exact) mass is 534 g/mol. The van der Waals surface area contributed by atoms with Crippen LogP contribution in [0.4, 0.5) is 0 Å². The number of rotatable bonds is 15. The molecule has 1 unspecified atom stereocenters. The number of aliphatic hydroxyl groups is 1. The zero-order valence-electron chi connectivity index (χ0n) is 19.9. The summed E-state index contributed by atoms with van der Waals surface area (Å²) >= 11 is 0. The number of allylic oxidation sites excluding steroid dienone is 1. The summed E-state index contributed by atoms with van der Waals surface area (Å²) in [5, 5.41) is 18.3. The molecule has 0 heterocycles. The van der Waals surface area contributed by atoms with Crippen molar-refractivity contribution in [3.63, 3.8) is 0 Å². The standard InChI is InChI=1S/C18H34O3.C6H6.Ca.H3O4P.H2O.2H/c1-2-3-4-11-14-17(19)15-12-9-7-5-6-8-10-13-16-18(20)21;1-2-4-6-5-3-1;;1-5(2,3)4;;;/h9,12,17,19H,2-8,10-11,13-16H2,1H3,(H,20,21);1-6H;;(H3,1,2,3,4);1H2;;/b12-9-;;;;;;. The maximum Gasteiger partial charge on any atom is -0.0623 e. The number of unbranched alkanes of at least 4 members (excludes halogenated alkanes) is 8. The summed E-state index contributed by atoms with van der Waals surface area (Å²) in [6.07, 6.45) is 17.4. The van der Waals surface area contributed by atoms with Crippen LogP contribution in [-0.2, 0) is 9.36 Å². The molecule has 0 fully saturated rings. The number of aliphatic carboxylic acids is 1. The molecular formula is C24H47CaO8P. The van der Waals surface area contributed by atoms with Crippen LogP contribution in [0.3, 0.4) is 0 Å². The van der Waals surface area contributed by atoms with Crippen molar-refractivity contribution in [2.45, 2.75) is 96.5 Å². The van der Waals surface area contributed by atoms with E-state index in [2.05, 4.69) is 19.1 Å². The molecule has 0 saturated carbocycles. The van der Waals surface area contributed by atoms with Crippen molar-refractivity contribution in [3.05, 3.63) is 48.6 Å². The van der Waals surface area contributed by atoms with Crippen molar-refractivity contribution in [2.24, 2.45) is 0 Å². The Kier molecular flexibility index (Phi) is 37.0. The summed E-state index contributed by atoms with van der Waals surface area (Å²) in [6, 6.07) is 12.0. The second kappa shape index (κ2) is 30.8. The van der Waals surface area contributed by atoms with Crippen LogP contribution in [0.15, 0.2) is 48.6 Å². The zero-order chi connectivity index (χ0) is 24.5. The molecule has 0 radical (unpaired) electrons. The van der Waals surface area contributed by atoms with E-state index in [1.165, 1.54) is 25.7 Å². The third-order valence-corrected chi connectivity index (χ3v) is 4.39. The first kappa shape index (κ1) is 40.9. The molecule has 1 atom stereocenters. The topological polar surface area (TPSA) is 167 Å². The van der Waals surface area contributed by atoms with Crippen LogP contribution in [0.1, 0.15) is 90.4 Å².